The summed E-state index contributed by atoms with van der Waals surface area (Å²) in [7, 11) is 0. The molecule has 2 aromatic carbocycles. The van der Waals surface area contributed by atoms with Crippen molar-refractivity contribution in [2.45, 2.75) is 19.3 Å². The second-order valence-corrected chi connectivity index (χ2v) is 5.58. The molecule has 0 saturated carbocycles. The molecule has 0 aliphatic carbocycles. The second-order valence-electron chi connectivity index (χ2n) is 5.14. The lowest BCUT2D eigenvalue weighted by atomic mass is 9.92. The van der Waals surface area contributed by atoms with E-state index < -0.39 is 17.8 Å². The molecule has 6 heteroatoms. The Bertz CT molecular complexity index is 790. The van der Waals surface area contributed by atoms with Crippen molar-refractivity contribution in [1.82, 2.24) is 0 Å². The van der Waals surface area contributed by atoms with Gasteiger partial charge in [0.1, 0.15) is 5.75 Å². The van der Waals surface area contributed by atoms with Crippen molar-refractivity contribution < 1.29 is 19.5 Å². The van der Waals surface area contributed by atoms with Gasteiger partial charge in [-0.25, -0.2) is 4.79 Å². The number of hydrogen-bond acceptors (Lipinski definition) is 4. The minimum atomic E-state index is -0.742. The summed E-state index contributed by atoms with van der Waals surface area (Å²) in [4.78, 5) is 29.5. The van der Waals surface area contributed by atoms with E-state index in [4.69, 9.17) is 16.4 Å². The number of phenolic OH excluding ortho intramolecular Hbond substituents is 1. The van der Waals surface area contributed by atoms with Crippen LogP contribution in [0.1, 0.15) is 30.4 Å². The molecule has 0 aromatic heterocycles. The van der Waals surface area contributed by atoms with E-state index in [0.717, 1.165) is 5.06 Å². The van der Waals surface area contributed by atoms with Gasteiger partial charge in [0.25, 0.3) is 5.91 Å². The van der Waals surface area contributed by atoms with Crippen molar-refractivity contribution in [3.8, 4) is 5.75 Å². The van der Waals surface area contributed by atoms with Crippen LogP contribution in [0, 0.1) is 0 Å². The first kappa shape index (κ1) is 15.4. The summed E-state index contributed by atoms with van der Waals surface area (Å²) < 4.78 is 0. The van der Waals surface area contributed by atoms with Crippen molar-refractivity contribution in [2.75, 3.05) is 5.06 Å². The monoisotopic (exact) mass is 331 g/mol. The van der Waals surface area contributed by atoms with Crippen LogP contribution in [0.4, 0.5) is 5.69 Å². The SMILES string of the molecule is CCC(=O)ON1C(=O)C(c2ccc(Cl)cc2O)c2ccccc21. The van der Waals surface area contributed by atoms with Gasteiger partial charge in [0.2, 0.25) is 0 Å². The predicted molar refractivity (Wildman–Crippen MR) is 85.3 cm³/mol. The number of carbonyl (C=O) groups is 2. The number of carbonyl (C=O) groups excluding carboxylic acids is 2. The van der Waals surface area contributed by atoms with E-state index in [0.29, 0.717) is 21.8 Å². The lowest BCUT2D eigenvalue weighted by Gasteiger charge is -2.16. The molecule has 0 bridgehead atoms. The van der Waals surface area contributed by atoms with E-state index in [2.05, 4.69) is 0 Å². The van der Waals surface area contributed by atoms with Crippen LogP contribution in [0.2, 0.25) is 5.02 Å². The third-order valence-electron chi connectivity index (χ3n) is 3.70. The van der Waals surface area contributed by atoms with Crippen LogP contribution in [0.15, 0.2) is 42.5 Å². The number of aromatic hydroxyl groups is 1. The molecule has 0 fully saturated rings. The maximum absolute atomic E-state index is 12.8. The molecule has 3 rings (SSSR count). The minimum Gasteiger partial charge on any atom is -0.508 e. The van der Waals surface area contributed by atoms with Gasteiger partial charge >= 0.3 is 5.97 Å². The fourth-order valence-corrected chi connectivity index (χ4v) is 2.77. The summed E-state index contributed by atoms with van der Waals surface area (Å²) in [6, 6.07) is 11.6. The number of hydrogen-bond donors (Lipinski definition) is 1. The Labute approximate surface area is 138 Å². The number of benzene rings is 2. The summed E-state index contributed by atoms with van der Waals surface area (Å²) >= 11 is 5.85. The minimum absolute atomic E-state index is 0.0747. The molecule has 0 saturated heterocycles. The number of rotatable bonds is 3. The van der Waals surface area contributed by atoms with Gasteiger partial charge in [-0.15, -0.1) is 5.06 Å². The molecule has 1 N–H and O–H groups in total. The van der Waals surface area contributed by atoms with Gasteiger partial charge in [0.05, 0.1) is 11.6 Å². The van der Waals surface area contributed by atoms with Crippen LogP contribution >= 0.6 is 11.6 Å². The molecule has 23 heavy (non-hydrogen) atoms. The van der Waals surface area contributed by atoms with Gasteiger partial charge in [-0.05, 0) is 23.8 Å². The van der Waals surface area contributed by atoms with E-state index in [1.165, 1.54) is 6.07 Å². The Kier molecular flexibility index (Phi) is 3.96. The second kappa shape index (κ2) is 5.93. The van der Waals surface area contributed by atoms with Crippen LogP contribution in [0.3, 0.4) is 0 Å². The summed E-state index contributed by atoms with van der Waals surface area (Å²) in [6.07, 6.45) is 0.156. The highest BCUT2D eigenvalue weighted by molar-refractivity contribution is 6.30. The van der Waals surface area contributed by atoms with Crippen molar-refractivity contribution in [2.24, 2.45) is 0 Å². The van der Waals surface area contributed by atoms with E-state index in [-0.39, 0.29) is 12.2 Å². The van der Waals surface area contributed by atoms with Gasteiger partial charge in [-0.2, -0.15) is 0 Å². The van der Waals surface area contributed by atoms with Gasteiger partial charge in [0.15, 0.2) is 0 Å². The van der Waals surface area contributed by atoms with E-state index >= 15 is 0 Å². The first-order chi connectivity index (χ1) is 11.0. The average molecular weight is 332 g/mol. The molecule has 5 nitrogen and oxygen atoms in total. The molecular formula is C17H14ClNO4. The third-order valence-corrected chi connectivity index (χ3v) is 3.93. The molecule has 1 aliphatic heterocycles. The predicted octanol–water partition coefficient (Wildman–Crippen LogP) is 3.39. The fraction of sp³-hybridized carbons (Fsp3) is 0.176. The number of fused-ring (bicyclic) bond motifs is 1. The summed E-state index contributed by atoms with van der Waals surface area (Å²) in [6.45, 7) is 1.65. The molecule has 1 heterocycles. The Morgan fingerprint density at radius 1 is 1.26 bits per heavy atom. The molecule has 118 valence electrons. The Hall–Kier alpha value is -2.53. The van der Waals surface area contributed by atoms with Crippen molar-refractivity contribution in [3.63, 3.8) is 0 Å². The van der Waals surface area contributed by atoms with Gasteiger partial charge in [0, 0.05) is 17.0 Å². The summed E-state index contributed by atoms with van der Waals surface area (Å²) in [5.74, 6) is -1.75. The van der Waals surface area contributed by atoms with Crippen LogP contribution in [-0.4, -0.2) is 17.0 Å². The number of amides is 1. The molecular weight excluding hydrogens is 318 g/mol. The zero-order valence-electron chi connectivity index (χ0n) is 12.3. The zero-order valence-corrected chi connectivity index (χ0v) is 13.1. The van der Waals surface area contributed by atoms with E-state index in [1.807, 2.05) is 0 Å². The van der Waals surface area contributed by atoms with Crippen LogP contribution in [-0.2, 0) is 14.4 Å². The van der Waals surface area contributed by atoms with Crippen molar-refractivity contribution in [3.05, 3.63) is 58.6 Å². The number of nitrogens with zero attached hydrogens (tertiary/aromatic N) is 1. The largest absolute Gasteiger partial charge is 0.508 e. The lowest BCUT2D eigenvalue weighted by molar-refractivity contribution is -0.149. The Morgan fingerprint density at radius 3 is 2.70 bits per heavy atom. The van der Waals surface area contributed by atoms with E-state index in [1.54, 1.807) is 43.3 Å². The van der Waals surface area contributed by atoms with Crippen molar-refractivity contribution >= 4 is 29.2 Å². The number of hydroxylamine groups is 1. The fourth-order valence-electron chi connectivity index (χ4n) is 2.61. The topological polar surface area (TPSA) is 66.8 Å². The smallest absolute Gasteiger partial charge is 0.332 e. The molecule has 1 amide bonds. The van der Waals surface area contributed by atoms with Gasteiger partial charge in [-0.3, -0.25) is 4.79 Å². The molecule has 1 atom stereocenters. The van der Waals surface area contributed by atoms with Crippen LogP contribution < -0.4 is 5.06 Å². The van der Waals surface area contributed by atoms with Gasteiger partial charge in [-0.1, -0.05) is 42.8 Å². The zero-order chi connectivity index (χ0) is 16.6. The highest BCUT2D eigenvalue weighted by Crippen LogP contribution is 2.44. The van der Waals surface area contributed by atoms with Gasteiger partial charge < -0.3 is 9.94 Å². The molecule has 2 aromatic rings. The summed E-state index contributed by atoms with van der Waals surface area (Å²) in [5.41, 5.74) is 1.58. The maximum atomic E-state index is 12.8. The average Bonchev–Trinajstić information content (AvgIpc) is 2.80. The number of anilines is 1. The Morgan fingerprint density at radius 2 is 2.00 bits per heavy atom. The van der Waals surface area contributed by atoms with Crippen LogP contribution in [0.25, 0.3) is 0 Å². The number of halogens is 1. The van der Waals surface area contributed by atoms with Crippen LogP contribution in [0.5, 0.6) is 5.75 Å². The van der Waals surface area contributed by atoms with E-state index in [9.17, 15) is 14.7 Å². The maximum Gasteiger partial charge on any atom is 0.332 e. The highest BCUT2D eigenvalue weighted by atomic mass is 35.5. The Balaban J connectivity index is 2.08. The highest BCUT2D eigenvalue weighted by Gasteiger charge is 2.41. The first-order valence-corrected chi connectivity index (χ1v) is 7.52. The summed E-state index contributed by atoms with van der Waals surface area (Å²) in [5, 5.41) is 11.5. The molecule has 1 aliphatic rings. The molecule has 0 spiro atoms. The molecule has 1 unspecified atom stereocenters. The molecule has 0 radical (unpaired) electrons. The quantitative estimate of drug-likeness (QED) is 0.936. The normalized spacial score (nSPS) is 16.3. The standard InChI is InChI=1S/C17H14ClNO4/c1-2-15(21)23-19-13-6-4-3-5-11(13)16(17(19)22)12-8-7-10(18)9-14(12)20/h3-9,16,20H,2H2,1H3. The first-order valence-electron chi connectivity index (χ1n) is 7.15. The van der Waals surface area contributed by atoms with Crippen molar-refractivity contribution in [1.29, 1.82) is 0 Å². The number of para-hydroxylation sites is 1. The number of phenols is 1. The lowest BCUT2D eigenvalue weighted by Crippen LogP contribution is -2.31. The third kappa shape index (κ3) is 2.64.